The predicted molar refractivity (Wildman–Crippen MR) is 103 cm³/mol. The van der Waals surface area contributed by atoms with E-state index in [4.69, 9.17) is 12.2 Å². The van der Waals surface area contributed by atoms with Crippen LogP contribution in [0.15, 0.2) is 23.0 Å². The number of nitrogens with zero attached hydrogens (tertiary/aromatic N) is 2. The third-order valence-electron chi connectivity index (χ3n) is 5.14. The fourth-order valence-corrected chi connectivity index (χ4v) is 3.60. The average molecular weight is 359 g/mol. The van der Waals surface area contributed by atoms with Crippen LogP contribution >= 0.6 is 12.2 Å². The normalized spacial score (nSPS) is 19.4. The predicted octanol–water partition coefficient (Wildman–Crippen LogP) is 3.59. The lowest BCUT2D eigenvalue weighted by Crippen LogP contribution is -2.38. The first-order valence-corrected chi connectivity index (χ1v) is 9.32. The van der Waals surface area contributed by atoms with E-state index in [1.54, 1.807) is 18.2 Å². The number of carbonyl (C=O) groups excluding carboxylic acids is 1. The van der Waals surface area contributed by atoms with Crippen LogP contribution in [0.2, 0.25) is 0 Å². The maximum atomic E-state index is 13.0. The molecular formula is C19H25N3O2S. The first-order valence-electron chi connectivity index (χ1n) is 8.91. The number of aromatic amines is 1. The number of fused-ring (bicyclic) bond motifs is 1. The van der Waals surface area contributed by atoms with Crippen molar-refractivity contribution >= 4 is 29.0 Å². The molecular weight excluding hydrogens is 334 g/mol. The van der Waals surface area contributed by atoms with E-state index in [-0.39, 0.29) is 17.5 Å². The van der Waals surface area contributed by atoms with Crippen LogP contribution in [0.1, 0.15) is 44.5 Å². The Kier molecular flexibility index (Phi) is 4.82. The van der Waals surface area contributed by atoms with Gasteiger partial charge in [-0.15, -0.1) is 0 Å². The molecule has 6 heteroatoms. The van der Waals surface area contributed by atoms with Gasteiger partial charge in [0, 0.05) is 24.7 Å². The molecule has 5 nitrogen and oxygen atoms in total. The van der Waals surface area contributed by atoms with Gasteiger partial charge >= 0.3 is 0 Å². The molecule has 1 amide bonds. The van der Waals surface area contributed by atoms with Crippen molar-refractivity contribution in [1.82, 2.24) is 14.5 Å². The molecule has 0 saturated heterocycles. The van der Waals surface area contributed by atoms with Gasteiger partial charge in [-0.25, -0.2) is 0 Å². The molecule has 0 radical (unpaired) electrons. The second-order valence-electron chi connectivity index (χ2n) is 7.26. The quantitative estimate of drug-likeness (QED) is 0.830. The summed E-state index contributed by atoms with van der Waals surface area (Å²) in [5.41, 5.74) is 1.09. The highest BCUT2D eigenvalue weighted by molar-refractivity contribution is 7.71. The van der Waals surface area contributed by atoms with Crippen LogP contribution < -0.4 is 5.56 Å². The fraction of sp³-hybridized carbons (Fsp3) is 0.526. The highest BCUT2D eigenvalue weighted by Crippen LogP contribution is 2.38. The molecule has 2 atom stereocenters. The van der Waals surface area contributed by atoms with Gasteiger partial charge in [0.2, 0.25) is 0 Å². The number of nitrogens with one attached hydrogen (secondary N) is 1. The van der Waals surface area contributed by atoms with Crippen molar-refractivity contribution in [3.05, 3.63) is 38.9 Å². The summed E-state index contributed by atoms with van der Waals surface area (Å²) in [6.07, 6.45) is 1.19. The SMILES string of the molecule is CCn1c(=S)[nH]c2cc(C(=O)N(C[C@@H]3C[C@@H]3C)C(C)C)ccc2c1=O. The van der Waals surface area contributed by atoms with Gasteiger partial charge in [-0.3, -0.25) is 14.2 Å². The van der Waals surface area contributed by atoms with Gasteiger partial charge in [-0.05, 0) is 69.4 Å². The Morgan fingerprint density at radius 2 is 2.12 bits per heavy atom. The topological polar surface area (TPSA) is 58.1 Å². The molecule has 1 heterocycles. The Hall–Kier alpha value is -1.95. The first-order chi connectivity index (χ1) is 11.8. The number of carbonyl (C=O) groups is 1. The summed E-state index contributed by atoms with van der Waals surface area (Å²) < 4.78 is 1.91. The lowest BCUT2D eigenvalue weighted by Gasteiger charge is -2.27. The molecule has 1 N–H and O–H groups in total. The van der Waals surface area contributed by atoms with Crippen LogP contribution in [0, 0.1) is 16.6 Å². The zero-order chi connectivity index (χ0) is 18.3. The molecule has 25 heavy (non-hydrogen) atoms. The van der Waals surface area contributed by atoms with Gasteiger partial charge in [0.05, 0.1) is 10.9 Å². The van der Waals surface area contributed by atoms with E-state index in [2.05, 4.69) is 11.9 Å². The monoisotopic (exact) mass is 359 g/mol. The largest absolute Gasteiger partial charge is 0.336 e. The third kappa shape index (κ3) is 3.40. The number of H-pyrrole nitrogens is 1. The molecule has 0 spiro atoms. The van der Waals surface area contributed by atoms with Crippen molar-refractivity contribution in [2.45, 2.75) is 46.7 Å². The summed E-state index contributed by atoms with van der Waals surface area (Å²) in [4.78, 5) is 30.5. The maximum Gasteiger partial charge on any atom is 0.262 e. The number of hydrogen-bond acceptors (Lipinski definition) is 3. The molecule has 0 aliphatic heterocycles. The minimum atomic E-state index is -0.118. The minimum absolute atomic E-state index is 0.00925. The molecule has 1 aromatic heterocycles. The smallest absolute Gasteiger partial charge is 0.262 e. The molecule has 1 aliphatic carbocycles. The fourth-order valence-electron chi connectivity index (χ4n) is 3.27. The lowest BCUT2D eigenvalue weighted by molar-refractivity contribution is 0.0694. The van der Waals surface area contributed by atoms with Crippen LogP contribution in [-0.4, -0.2) is 32.9 Å². The van der Waals surface area contributed by atoms with Gasteiger partial charge < -0.3 is 9.88 Å². The summed E-state index contributed by atoms with van der Waals surface area (Å²) >= 11 is 5.26. The average Bonchev–Trinajstić information content (AvgIpc) is 3.26. The van der Waals surface area contributed by atoms with Gasteiger partial charge in [-0.1, -0.05) is 6.92 Å². The van der Waals surface area contributed by atoms with Crippen LogP contribution in [0.3, 0.4) is 0 Å². The minimum Gasteiger partial charge on any atom is -0.336 e. The van der Waals surface area contributed by atoms with Crippen molar-refractivity contribution in [2.75, 3.05) is 6.54 Å². The summed E-state index contributed by atoms with van der Waals surface area (Å²) in [7, 11) is 0. The molecule has 0 unspecified atom stereocenters. The van der Waals surface area contributed by atoms with Crippen LogP contribution in [0.25, 0.3) is 10.9 Å². The standard InChI is InChI=1S/C19H25N3O2S/c1-5-21-18(24)15-7-6-13(9-16(15)20-19(21)25)17(23)22(11(2)3)10-14-8-12(14)4/h6-7,9,11-12,14H,5,8,10H2,1-4H3,(H,20,25)/t12-,14-/m0/s1. The molecule has 3 rings (SSSR count). The van der Waals surface area contributed by atoms with Crippen molar-refractivity contribution in [1.29, 1.82) is 0 Å². The zero-order valence-corrected chi connectivity index (χ0v) is 16.0. The summed E-state index contributed by atoms with van der Waals surface area (Å²) in [5.74, 6) is 1.32. The van der Waals surface area contributed by atoms with E-state index < -0.39 is 0 Å². The van der Waals surface area contributed by atoms with E-state index in [1.807, 2.05) is 25.7 Å². The van der Waals surface area contributed by atoms with Crippen LogP contribution in [-0.2, 0) is 6.54 Å². The molecule has 0 bridgehead atoms. The number of amides is 1. The summed E-state index contributed by atoms with van der Waals surface area (Å²) in [6.45, 7) is 9.50. The molecule has 2 aromatic rings. The van der Waals surface area contributed by atoms with Crippen molar-refractivity contribution in [2.24, 2.45) is 11.8 Å². The first kappa shape index (κ1) is 17.9. The van der Waals surface area contributed by atoms with E-state index in [9.17, 15) is 9.59 Å². The maximum absolute atomic E-state index is 13.0. The van der Waals surface area contributed by atoms with Crippen LogP contribution in [0.4, 0.5) is 0 Å². The second-order valence-corrected chi connectivity index (χ2v) is 7.65. The summed E-state index contributed by atoms with van der Waals surface area (Å²) in [5, 5.41) is 0.555. The van der Waals surface area contributed by atoms with Gasteiger partial charge in [0.15, 0.2) is 4.77 Å². The second kappa shape index (κ2) is 6.75. The molecule has 1 aliphatic rings. The van der Waals surface area contributed by atoms with Gasteiger partial charge in [-0.2, -0.15) is 0 Å². The number of rotatable bonds is 5. The van der Waals surface area contributed by atoms with Crippen molar-refractivity contribution in [3.63, 3.8) is 0 Å². The molecule has 1 saturated carbocycles. The van der Waals surface area contributed by atoms with Gasteiger partial charge in [0.25, 0.3) is 11.5 Å². The Morgan fingerprint density at radius 1 is 1.44 bits per heavy atom. The van der Waals surface area contributed by atoms with E-state index in [0.717, 1.165) is 6.54 Å². The van der Waals surface area contributed by atoms with Crippen LogP contribution in [0.5, 0.6) is 0 Å². The number of benzene rings is 1. The third-order valence-corrected chi connectivity index (χ3v) is 5.46. The lowest BCUT2D eigenvalue weighted by atomic mass is 10.1. The zero-order valence-electron chi connectivity index (χ0n) is 15.2. The van der Waals surface area contributed by atoms with E-state index in [0.29, 0.717) is 39.6 Å². The van der Waals surface area contributed by atoms with Crippen molar-refractivity contribution < 1.29 is 4.79 Å². The highest BCUT2D eigenvalue weighted by atomic mass is 32.1. The highest BCUT2D eigenvalue weighted by Gasteiger charge is 2.36. The molecule has 1 fully saturated rings. The molecule has 134 valence electrons. The van der Waals surface area contributed by atoms with Crippen molar-refractivity contribution in [3.8, 4) is 0 Å². The van der Waals surface area contributed by atoms with E-state index in [1.165, 1.54) is 11.0 Å². The van der Waals surface area contributed by atoms with Gasteiger partial charge in [0.1, 0.15) is 0 Å². The molecule has 1 aromatic carbocycles. The Bertz CT molecular complexity index is 928. The number of hydrogen-bond donors (Lipinski definition) is 1. The summed E-state index contributed by atoms with van der Waals surface area (Å²) in [6, 6.07) is 5.36. The Balaban J connectivity index is 1.98. The Morgan fingerprint density at radius 3 is 2.68 bits per heavy atom. The number of aromatic nitrogens is 2. The Labute approximate surface area is 152 Å². The van der Waals surface area contributed by atoms with E-state index >= 15 is 0 Å².